The summed E-state index contributed by atoms with van der Waals surface area (Å²) in [6, 6.07) is 9.36. The number of hydrogen-bond donors (Lipinski definition) is 0. The second-order valence-electron chi connectivity index (χ2n) is 4.56. The highest BCUT2D eigenvalue weighted by atomic mass is 35.5. The topological polar surface area (TPSA) is 26.3 Å². The minimum atomic E-state index is -0.350. The van der Waals surface area contributed by atoms with Gasteiger partial charge in [0.25, 0.3) is 0 Å². The molecule has 0 saturated heterocycles. The van der Waals surface area contributed by atoms with Crippen LogP contribution in [0.3, 0.4) is 0 Å². The third-order valence-electron chi connectivity index (χ3n) is 2.97. The van der Waals surface area contributed by atoms with E-state index >= 15 is 0 Å². The normalized spacial score (nSPS) is 10.4. The lowest BCUT2D eigenvalue weighted by Crippen LogP contribution is -2.00. The molecule has 0 unspecified atom stereocenters. The zero-order valence-electron chi connectivity index (χ0n) is 11.2. The van der Waals surface area contributed by atoms with Gasteiger partial charge in [-0.05, 0) is 55.8 Å². The fraction of sp³-hybridized carbons (Fsp3) is 0.188. The van der Waals surface area contributed by atoms with Crippen molar-refractivity contribution in [2.45, 2.75) is 20.5 Å². The van der Waals surface area contributed by atoms with Crippen LogP contribution in [-0.4, -0.2) is 5.78 Å². The Hall–Kier alpha value is -1.87. The summed E-state index contributed by atoms with van der Waals surface area (Å²) in [6.45, 7) is 3.55. The largest absolute Gasteiger partial charge is 0.489 e. The molecule has 0 aliphatic rings. The Morgan fingerprint density at radius 3 is 2.65 bits per heavy atom. The molecule has 0 spiro atoms. The molecule has 0 aliphatic heterocycles. The number of carbonyl (C=O) groups is 1. The molecule has 2 rings (SSSR count). The van der Waals surface area contributed by atoms with Crippen LogP contribution in [0.5, 0.6) is 5.75 Å². The number of ether oxygens (including phenoxy) is 1. The predicted molar refractivity (Wildman–Crippen MR) is 76.9 cm³/mol. The highest BCUT2D eigenvalue weighted by Gasteiger charge is 2.07. The average Bonchev–Trinajstić information content (AvgIpc) is 2.40. The molecule has 0 aliphatic carbocycles. The minimum Gasteiger partial charge on any atom is -0.489 e. The molecule has 0 amide bonds. The van der Waals surface area contributed by atoms with Gasteiger partial charge in [-0.2, -0.15) is 0 Å². The molecular formula is C16H14ClFO2. The molecule has 104 valence electrons. The van der Waals surface area contributed by atoms with Gasteiger partial charge in [0, 0.05) is 16.1 Å². The van der Waals surface area contributed by atoms with Crippen LogP contribution >= 0.6 is 11.6 Å². The summed E-state index contributed by atoms with van der Waals surface area (Å²) < 4.78 is 18.8. The first-order chi connectivity index (χ1) is 9.47. The Balaban J connectivity index is 2.15. The molecule has 4 heteroatoms. The first-order valence-corrected chi connectivity index (χ1v) is 6.53. The number of Topliss-reactive ketones (excluding diaryl/α,β-unsaturated/α-hetero) is 1. The summed E-state index contributed by atoms with van der Waals surface area (Å²) in [5.74, 6) is 0.305. The van der Waals surface area contributed by atoms with Crippen molar-refractivity contribution in [3.63, 3.8) is 0 Å². The van der Waals surface area contributed by atoms with E-state index in [1.54, 1.807) is 18.2 Å². The maximum atomic E-state index is 13.1. The predicted octanol–water partition coefficient (Wildman–Crippen LogP) is 4.57. The maximum absolute atomic E-state index is 13.1. The molecule has 0 atom stereocenters. The lowest BCUT2D eigenvalue weighted by atomic mass is 10.1. The van der Waals surface area contributed by atoms with Gasteiger partial charge in [0.05, 0.1) is 0 Å². The Bertz CT molecular complexity index is 653. The van der Waals surface area contributed by atoms with Crippen LogP contribution in [0.1, 0.15) is 28.4 Å². The van der Waals surface area contributed by atoms with Gasteiger partial charge >= 0.3 is 0 Å². The van der Waals surface area contributed by atoms with Crippen molar-refractivity contribution >= 4 is 17.4 Å². The summed E-state index contributed by atoms with van der Waals surface area (Å²) in [4.78, 5) is 11.3. The lowest BCUT2D eigenvalue weighted by molar-refractivity contribution is 0.101. The minimum absolute atomic E-state index is 0.00725. The summed E-state index contributed by atoms with van der Waals surface area (Å²) in [5.41, 5.74) is 2.07. The molecule has 2 aromatic rings. The Labute approximate surface area is 122 Å². The van der Waals surface area contributed by atoms with E-state index in [0.717, 1.165) is 5.56 Å². The van der Waals surface area contributed by atoms with Crippen molar-refractivity contribution in [3.8, 4) is 5.75 Å². The molecule has 0 saturated carbocycles. The van der Waals surface area contributed by atoms with Gasteiger partial charge < -0.3 is 4.74 Å². The molecule has 0 heterocycles. The van der Waals surface area contributed by atoms with Gasteiger partial charge in [0.1, 0.15) is 18.2 Å². The molecular weight excluding hydrogens is 279 g/mol. The Morgan fingerprint density at radius 2 is 2.00 bits per heavy atom. The van der Waals surface area contributed by atoms with E-state index in [0.29, 0.717) is 21.9 Å². The van der Waals surface area contributed by atoms with Crippen molar-refractivity contribution in [3.05, 3.63) is 63.9 Å². The number of benzene rings is 2. The van der Waals surface area contributed by atoms with Crippen molar-refractivity contribution in [1.29, 1.82) is 0 Å². The number of halogens is 2. The number of rotatable bonds is 4. The van der Waals surface area contributed by atoms with E-state index in [1.807, 2.05) is 6.92 Å². The monoisotopic (exact) mass is 292 g/mol. The number of hydrogen-bond acceptors (Lipinski definition) is 2. The van der Waals surface area contributed by atoms with E-state index in [2.05, 4.69) is 0 Å². The van der Waals surface area contributed by atoms with E-state index in [-0.39, 0.29) is 18.2 Å². The average molecular weight is 293 g/mol. The maximum Gasteiger partial charge on any atom is 0.159 e. The van der Waals surface area contributed by atoms with Crippen LogP contribution in [-0.2, 0) is 6.61 Å². The second kappa shape index (κ2) is 6.06. The zero-order valence-corrected chi connectivity index (χ0v) is 12.0. The van der Waals surface area contributed by atoms with Gasteiger partial charge in [-0.25, -0.2) is 4.39 Å². The summed E-state index contributed by atoms with van der Waals surface area (Å²) in [5, 5.41) is 0.462. The van der Waals surface area contributed by atoms with Crippen molar-refractivity contribution in [2.75, 3.05) is 0 Å². The van der Waals surface area contributed by atoms with Crippen LogP contribution in [0.4, 0.5) is 4.39 Å². The highest BCUT2D eigenvalue weighted by molar-refractivity contribution is 6.31. The number of aryl methyl sites for hydroxylation is 1. The molecule has 2 aromatic carbocycles. The van der Waals surface area contributed by atoms with Gasteiger partial charge in [-0.1, -0.05) is 11.6 Å². The Kier molecular flexibility index (Phi) is 4.40. The van der Waals surface area contributed by atoms with E-state index in [4.69, 9.17) is 16.3 Å². The SMILES string of the molecule is CC(=O)c1ccc(OCc2cc(F)ccc2Cl)c(C)c1. The third kappa shape index (κ3) is 3.36. The van der Waals surface area contributed by atoms with Crippen LogP contribution in [0, 0.1) is 12.7 Å². The Morgan fingerprint density at radius 1 is 1.25 bits per heavy atom. The molecule has 2 nitrogen and oxygen atoms in total. The second-order valence-corrected chi connectivity index (χ2v) is 4.97. The number of carbonyl (C=O) groups excluding carboxylic acids is 1. The highest BCUT2D eigenvalue weighted by Crippen LogP contribution is 2.23. The third-order valence-corrected chi connectivity index (χ3v) is 3.34. The quantitative estimate of drug-likeness (QED) is 0.772. The molecule has 0 aromatic heterocycles. The van der Waals surface area contributed by atoms with Crippen molar-refractivity contribution in [2.24, 2.45) is 0 Å². The standard InChI is InChI=1S/C16H14ClFO2/c1-10-7-12(11(2)19)3-6-16(10)20-9-13-8-14(18)4-5-15(13)17/h3-8H,9H2,1-2H3. The van der Waals surface area contributed by atoms with Crippen LogP contribution in [0.25, 0.3) is 0 Å². The van der Waals surface area contributed by atoms with Gasteiger partial charge in [0.15, 0.2) is 5.78 Å². The van der Waals surface area contributed by atoms with Gasteiger partial charge in [0.2, 0.25) is 0 Å². The fourth-order valence-electron chi connectivity index (χ4n) is 1.84. The molecule has 0 fully saturated rings. The summed E-state index contributed by atoms with van der Waals surface area (Å²) >= 11 is 5.98. The van der Waals surface area contributed by atoms with E-state index in [9.17, 15) is 9.18 Å². The zero-order chi connectivity index (χ0) is 14.7. The van der Waals surface area contributed by atoms with Crippen molar-refractivity contribution < 1.29 is 13.9 Å². The van der Waals surface area contributed by atoms with Crippen molar-refractivity contribution in [1.82, 2.24) is 0 Å². The van der Waals surface area contributed by atoms with E-state index < -0.39 is 0 Å². The molecule has 20 heavy (non-hydrogen) atoms. The first-order valence-electron chi connectivity index (χ1n) is 6.15. The summed E-state index contributed by atoms with van der Waals surface area (Å²) in [7, 11) is 0. The van der Waals surface area contributed by atoms with Gasteiger partial charge in [-0.3, -0.25) is 4.79 Å². The van der Waals surface area contributed by atoms with E-state index in [1.165, 1.54) is 25.1 Å². The van der Waals surface area contributed by atoms with Crippen LogP contribution < -0.4 is 4.74 Å². The fourth-order valence-corrected chi connectivity index (χ4v) is 2.01. The molecule has 0 N–H and O–H groups in total. The summed E-state index contributed by atoms with van der Waals surface area (Å²) in [6.07, 6.45) is 0. The van der Waals surface area contributed by atoms with Gasteiger partial charge in [-0.15, -0.1) is 0 Å². The first kappa shape index (κ1) is 14.5. The van der Waals surface area contributed by atoms with Crippen LogP contribution in [0.15, 0.2) is 36.4 Å². The lowest BCUT2D eigenvalue weighted by Gasteiger charge is -2.11. The number of ketones is 1. The smallest absolute Gasteiger partial charge is 0.159 e. The molecule has 0 radical (unpaired) electrons. The molecule has 0 bridgehead atoms. The van der Waals surface area contributed by atoms with Crippen LogP contribution in [0.2, 0.25) is 5.02 Å².